The van der Waals surface area contributed by atoms with E-state index in [4.69, 9.17) is 9.29 Å². The summed E-state index contributed by atoms with van der Waals surface area (Å²) in [5.41, 5.74) is 0. The van der Waals surface area contributed by atoms with Crippen LogP contribution in [0.15, 0.2) is 0 Å². The average Bonchev–Trinajstić information content (AvgIpc) is 2.83. The van der Waals surface area contributed by atoms with Crippen LogP contribution in [0.4, 0.5) is 0 Å². The summed E-state index contributed by atoms with van der Waals surface area (Å²) < 4.78 is 35.7. The first kappa shape index (κ1) is 10.4. The van der Waals surface area contributed by atoms with Gasteiger partial charge in [0.2, 0.25) is 0 Å². The van der Waals surface area contributed by atoms with Crippen molar-refractivity contribution >= 4 is 10.1 Å². The molecule has 0 aromatic carbocycles. The predicted octanol–water partition coefficient (Wildman–Crippen LogP) is 1.08. The Morgan fingerprint density at radius 2 is 2.00 bits per heavy atom. The molecule has 82 valence electrons. The zero-order chi connectivity index (χ0) is 10.2. The Balaban J connectivity index is 1.87. The second-order valence-corrected chi connectivity index (χ2v) is 5.88. The molecule has 2 fully saturated rings. The van der Waals surface area contributed by atoms with E-state index in [2.05, 4.69) is 0 Å². The maximum absolute atomic E-state index is 10.7. The van der Waals surface area contributed by atoms with Crippen LogP contribution < -0.4 is 0 Å². The summed E-state index contributed by atoms with van der Waals surface area (Å²) in [4.78, 5) is 0. The lowest BCUT2D eigenvalue weighted by atomic mass is 9.95. The van der Waals surface area contributed by atoms with Gasteiger partial charge in [0.05, 0.1) is 11.9 Å². The fourth-order valence-electron chi connectivity index (χ4n) is 2.15. The van der Waals surface area contributed by atoms with Crippen LogP contribution in [0.25, 0.3) is 0 Å². The van der Waals surface area contributed by atoms with E-state index in [0.29, 0.717) is 12.5 Å². The SMILES string of the molecule is O=S(=O)(O)CC1CCOC(C2CC2)C1. The summed E-state index contributed by atoms with van der Waals surface area (Å²) in [7, 11) is -3.81. The Bertz CT molecular complexity index is 294. The molecule has 2 atom stereocenters. The number of ether oxygens (including phenoxy) is 1. The van der Waals surface area contributed by atoms with Crippen molar-refractivity contribution in [3.05, 3.63) is 0 Å². The monoisotopic (exact) mass is 220 g/mol. The van der Waals surface area contributed by atoms with E-state index in [9.17, 15) is 8.42 Å². The standard InChI is InChI=1S/C9H16O4S/c10-14(11,12)6-7-3-4-13-9(5-7)8-1-2-8/h7-9H,1-6H2,(H,10,11,12). The van der Waals surface area contributed by atoms with E-state index >= 15 is 0 Å². The van der Waals surface area contributed by atoms with Gasteiger partial charge in [-0.2, -0.15) is 8.42 Å². The normalized spacial score (nSPS) is 34.4. The quantitative estimate of drug-likeness (QED) is 0.723. The maximum Gasteiger partial charge on any atom is 0.265 e. The van der Waals surface area contributed by atoms with Crippen LogP contribution in [0.2, 0.25) is 0 Å². The summed E-state index contributed by atoms with van der Waals surface area (Å²) in [6, 6.07) is 0. The highest BCUT2D eigenvalue weighted by atomic mass is 32.2. The van der Waals surface area contributed by atoms with Gasteiger partial charge in [0.15, 0.2) is 0 Å². The molecule has 1 aliphatic carbocycles. The smallest absolute Gasteiger partial charge is 0.265 e. The van der Waals surface area contributed by atoms with E-state index in [-0.39, 0.29) is 17.8 Å². The van der Waals surface area contributed by atoms with Gasteiger partial charge in [-0.25, -0.2) is 0 Å². The molecule has 2 aliphatic rings. The van der Waals surface area contributed by atoms with Gasteiger partial charge >= 0.3 is 0 Å². The molecule has 1 saturated heterocycles. The van der Waals surface area contributed by atoms with E-state index in [0.717, 1.165) is 12.8 Å². The molecule has 0 aromatic heterocycles. The second kappa shape index (κ2) is 3.79. The minimum absolute atomic E-state index is 0.0874. The fraction of sp³-hybridized carbons (Fsp3) is 1.00. The van der Waals surface area contributed by atoms with Gasteiger partial charge in [0.25, 0.3) is 10.1 Å². The number of rotatable bonds is 3. The molecule has 4 nitrogen and oxygen atoms in total. The molecule has 5 heteroatoms. The molecule has 2 unspecified atom stereocenters. The van der Waals surface area contributed by atoms with Gasteiger partial charge in [0, 0.05) is 6.61 Å². The minimum atomic E-state index is -3.81. The first-order chi connectivity index (χ1) is 6.54. The highest BCUT2D eigenvalue weighted by Gasteiger charge is 2.36. The molecule has 2 rings (SSSR count). The Hall–Kier alpha value is -0.130. The molecule has 0 spiro atoms. The van der Waals surface area contributed by atoms with Crippen molar-refractivity contribution in [3.8, 4) is 0 Å². The van der Waals surface area contributed by atoms with Crippen LogP contribution in [-0.2, 0) is 14.9 Å². The third-order valence-corrected chi connectivity index (χ3v) is 3.91. The molecule has 1 heterocycles. The molecule has 0 amide bonds. The highest BCUT2D eigenvalue weighted by Crippen LogP contribution is 2.39. The van der Waals surface area contributed by atoms with Crippen molar-refractivity contribution in [2.24, 2.45) is 11.8 Å². The summed E-state index contributed by atoms with van der Waals surface area (Å²) >= 11 is 0. The lowest BCUT2D eigenvalue weighted by molar-refractivity contribution is -0.0169. The van der Waals surface area contributed by atoms with Crippen molar-refractivity contribution in [3.63, 3.8) is 0 Å². The van der Waals surface area contributed by atoms with E-state index in [1.807, 2.05) is 0 Å². The Labute approximate surface area is 84.4 Å². The molecular formula is C9H16O4S. The minimum Gasteiger partial charge on any atom is -0.378 e. The van der Waals surface area contributed by atoms with Crippen molar-refractivity contribution in [2.45, 2.75) is 31.8 Å². The average molecular weight is 220 g/mol. The summed E-state index contributed by atoms with van der Waals surface area (Å²) in [6.45, 7) is 0.640. The Morgan fingerprint density at radius 3 is 2.57 bits per heavy atom. The van der Waals surface area contributed by atoms with Crippen molar-refractivity contribution in [2.75, 3.05) is 12.4 Å². The number of hydrogen-bond acceptors (Lipinski definition) is 3. The van der Waals surface area contributed by atoms with Gasteiger partial charge in [0.1, 0.15) is 0 Å². The van der Waals surface area contributed by atoms with Crippen molar-refractivity contribution in [1.82, 2.24) is 0 Å². The summed E-state index contributed by atoms with van der Waals surface area (Å²) in [5, 5.41) is 0. The fourth-order valence-corrected chi connectivity index (χ4v) is 3.04. The van der Waals surface area contributed by atoms with E-state index in [1.165, 1.54) is 12.8 Å². The van der Waals surface area contributed by atoms with Gasteiger partial charge in [-0.3, -0.25) is 4.55 Å². The topological polar surface area (TPSA) is 63.6 Å². The van der Waals surface area contributed by atoms with Gasteiger partial charge in [-0.1, -0.05) is 0 Å². The Kier molecular flexibility index (Phi) is 2.81. The zero-order valence-corrected chi connectivity index (χ0v) is 8.87. The third-order valence-electron chi connectivity index (χ3n) is 3.02. The molecule has 14 heavy (non-hydrogen) atoms. The first-order valence-electron chi connectivity index (χ1n) is 5.11. The van der Waals surface area contributed by atoms with Crippen LogP contribution in [0.1, 0.15) is 25.7 Å². The van der Waals surface area contributed by atoms with Gasteiger partial charge in [-0.15, -0.1) is 0 Å². The summed E-state index contributed by atoms with van der Waals surface area (Å²) in [5.74, 6) is 0.642. The van der Waals surface area contributed by atoms with Crippen LogP contribution in [0.3, 0.4) is 0 Å². The van der Waals surface area contributed by atoms with Crippen LogP contribution in [-0.4, -0.2) is 31.4 Å². The molecule has 0 bridgehead atoms. The summed E-state index contributed by atoms with van der Waals surface area (Å²) in [6.07, 6.45) is 4.22. The second-order valence-electron chi connectivity index (χ2n) is 4.39. The molecule has 0 radical (unpaired) electrons. The van der Waals surface area contributed by atoms with Crippen LogP contribution in [0, 0.1) is 11.8 Å². The lowest BCUT2D eigenvalue weighted by Crippen LogP contribution is -2.30. The molecule has 1 aliphatic heterocycles. The van der Waals surface area contributed by atoms with E-state index < -0.39 is 10.1 Å². The maximum atomic E-state index is 10.7. The Morgan fingerprint density at radius 1 is 1.29 bits per heavy atom. The number of hydrogen-bond donors (Lipinski definition) is 1. The molecule has 0 aromatic rings. The zero-order valence-electron chi connectivity index (χ0n) is 8.05. The van der Waals surface area contributed by atoms with Gasteiger partial charge < -0.3 is 4.74 Å². The van der Waals surface area contributed by atoms with Gasteiger partial charge in [-0.05, 0) is 37.5 Å². The van der Waals surface area contributed by atoms with Crippen molar-refractivity contribution < 1.29 is 17.7 Å². The molecular weight excluding hydrogens is 204 g/mol. The molecule has 1 saturated carbocycles. The largest absolute Gasteiger partial charge is 0.378 e. The van der Waals surface area contributed by atoms with Crippen LogP contribution in [0.5, 0.6) is 0 Å². The lowest BCUT2D eigenvalue weighted by Gasteiger charge is -2.28. The predicted molar refractivity (Wildman–Crippen MR) is 51.6 cm³/mol. The first-order valence-corrected chi connectivity index (χ1v) is 6.72. The van der Waals surface area contributed by atoms with Crippen LogP contribution >= 0.6 is 0 Å². The molecule has 1 N–H and O–H groups in total. The van der Waals surface area contributed by atoms with E-state index in [1.54, 1.807) is 0 Å². The highest BCUT2D eigenvalue weighted by molar-refractivity contribution is 7.85. The van der Waals surface area contributed by atoms with Crippen molar-refractivity contribution in [1.29, 1.82) is 0 Å². The third kappa shape index (κ3) is 2.93.